The second-order valence-corrected chi connectivity index (χ2v) is 9.62. The molecule has 1 aliphatic heterocycles. The fraction of sp³-hybridized carbons (Fsp3) is 0.333. The molecule has 6 nitrogen and oxygen atoms in total. The summed E-state index contributed by atoms with van der Waals surface area (Å²) < 4.78 is 21.1. The Kier molecular flexibility index (Phi) is 8.23. The number of fused-ring (bicyclic) bond motifs is 1. The van der Waals surface area contributed by atoms with Gasteiger partial charge >= 0.3 is 0 Å². The minimum Gasteiger partial charge on any atom is -0.489 e. The summed E-state index contributed by atoms with van der Waals surface area (Å²) in [5.74, 6) is 0.249. The molecule has 0 saturated carbocycles. The van der Waals surface area contributed by atoms with E-state index in [9.17, 15) is 9.18 Å². The minimum atomic E-state index is -0.498. The van der Waals surface area contributed by atoms with Crippen LogP contribution >= 0.6 is 0 Å². The molecule has 0 radical (unpaired) electrons. The third-order valence-electron chi connectivity index (χ3n) is 6.91. The molecule has 1 saturated heterocycles. The van der Waals surface area contributed by atoms with Crippen LogP contribution in [0.4, 0.5) is 4.39 Å². The summed E-state index contributed by atoms with van der Waals surface area (Å²) in [5, 5.41) is 4.32. The number of hydrogen-bond acceptors (Lipinski definition) is 5. The average Bonchev–Trinajstić information content (AvgIpc) is 2.94. The second-order valence-electron chi connectivity index (χ2n) is 9.62. The van der Waals surface area contributed by atoms with Crippen LogP contribution in [-0.4, -0.2) is 34.1 Å². The van der Waals surface area contributed by atoms with Crippen LogP contribution in [0.3, 0.4) is 0 Å². The number of rotatable bonds is 10. The maximum Gasteiger partial charge on any atom is 0.255 e. The van der Waals surface area contributed by atoms with Gasteiger partial charge in [0.25, 0.3) is 5.56 Å². The Labute approximate surface area is 216 Å². The van der Waals surface area contributed by atoms with Crippen molar-refractivity contribution in [2.24, 2.45) is 0 Å². The van der Waals surface area contributed by atoms with Gasteiger partial charge in [0.1, 0.15) is 12.4 Å². The number of likely N-dealkylation sites (tertiary alicyclic amines) is 1. The van der Waals surface area contributed by atoms with Gasteiger partial charge in [-0.15, -0.1) is 0 Å². The standard InChI is InChI=1S/C30H33FN4O2/c31-29-12-9-24(20-33-29)19-32-21-26-17-25-10-11-27(37-22-23-7-3-1-4-8-23)18-28(25)35(30(26)36)16-15-34-13-5-2-6-14-34/h1,3-4,7-12,17-18,20,32H,2,5-6,13-16,19,21-22H2. The van der Waals surface area contributed by atoms with Gasteiger partial charge in [0.15, 0.2) is 0 Å². The zero-order chi connectivity index (χ0) is 25.5. The lowest BCUT2D eigenvalue weighted by Gasteiger charge is -2.27. The van der Waals surface area contributed by atoms with E-state index >= 15 is 0 Å². The maximum absolute atomic E-state index is 13.6. The molecule has 4 aromatic rings. The molecule has 1 aliphatic rings. The molecule has 0 bridgehead atoms. The van der Waals surface area contributed by atoms with Crippen LogP contribution in [0.1, 0.15) is 36.0 Å². The van der Waals surface area contributed by atoms with Gasteiger partial charge in [-0.3, -0.25) is 4.79 Å². The van der Waals surface area contributed by atoms with Crippen LogP contribution in [0.2, 0.25) is 0 Å². The van der Waals surface area contributed by atoms with Crippen LogP contribution in [0.25, 0.3) is 10.9 Å². The maximum atomic E-state index is 13.6. The van der Waals surface area contributed by atoms with Crippen molar-refractivity contribution in [2.75, 3.05) is 19.6 Å². The van der Waals surface area contributed by atoms with Gasteiger partial charge in [0.05, 0.1) is 5.52 Å². The van der Waals surface area contributed by atoms with Crippen LogP contribution in [0, 0.1) is 5.95 Å². The highest BCUT2D eigenvalue weighted by Crippen LogP contribution is 2.22. The molecular weight excluding hydrogens is 467 g/mol. The SMILES string of the molecule is O=c1c(CNCc2ccc(F)nc2)cc2ccc(OCc3ccccc3)cc2n1CCN1CCCCC1. The zero-order valence-corrected chi connectivity index (χ0v) is 21.0. The van der Waals surface area contributed by atoms with Gasteiger partial charge in [-0.05, 0) is 66.7 Å². The van der Waals surface area contributed by atoms with Crippen molar-refractivity contribution >= 4 is 10.9 Å². The number of ether oxygens (including phenoxy) is 1. The number of aromatic nitrogens is 2. The average molecular weight is 501 g/mol. The molecule has 0 aliphatic carbocycles. The summed E-state index contributed by atoms with van der Waals surface area (Å²) in [7, 11) is 0. The third-order valence-corrected chi connectivity index (χ3v) is 6.91. The summed E-state index contributed by atoms with van der Waals surface area (Å²) >= 11 is 0. The van der Waals surface area contributed by atoms with Crippen LogP contribution in [0.15, 0.2) is 77.7 Å². The fourth-order valence-electron chi connectivity index (χ4n) is 4.87. The van der Waals surface area contributed by atoms with Crippen molar-refractivity contribution in [1.82, 2.24) is 19.8 Å². The molecule has 5 rings (SSSR count). The van der Waals surface area contributed by atoms with Gasteiger partial charge in [-0.2, -0.15) is 4.39 Å². The Hall–Kier alpha value is -3.55. The normalized spacial score (nSPS) is 14.2. The predicted octanol–water partition coefficient (Wildman–Crippen LogP) is 4.89. The van der Waals surface area contributed by atoms with E-state index in [0.29, 0.717) is 31.8 Å². The smallest absolute Gasteiger partial charge is 0.255 e. The Bertz CT molecular complexity index is 1370. The first-order valence-electron chi connectivity index (χ1n) is 13.0. The lowest BCUT2D eigenvalue weighted by molar-refractivity contribution is 0.221. The number of nitrogens with one attached hydrogen (secondary N) is 1. The highest BCUT2D eigenvalue weighted by atomic mass is 19.1. The number of nitrogens with zero attached hydrogens (tertiary/aromatic N) is 3. The lowest BCUT2D eigenvalue weighted by Crippen LogP contribution is -2.36. The van der Waals surface area contributed by atoms with Crippen LogP contribution in [0.5, 0.6) is 5.75 Å². The fourth-order valence-corrected chi connectivity index (χ4v) is 4.87. The molecule has 1 N–H and O–H groups in total. The van der Waals surface area contributed by atoms with E-state index in [0.717, 1.165) is 47.4 Å². The molecule has 37 heavy (non-hydrogen) atoms. The molecule has 192 valence electrons. The van der Waals surface area contributed by atoms with Crippen molar-refractivity contribution in [3.8, 4) is 5.75 Å². The van der Waals surface area contributed by atoms with Crippen molar-refractivity contribution in [1.29, 1.82) is 0 Å². The quantitative estimate of drug-likeness (QED) is 0.314. The number of benzene rings is 2. The molecule has 7 heteroatoms. The van der Waals surface area contributed by atoms with E-state index in [1.165, 1.54) is 31.5 Å². The molecular formula is C30H33FN4O2. The predicted molar refractivity (Wildman–Crippen MR) is 144 cm³/mol. The molecule has 0 atom stereocenters. The van der Waals surface area contributed by atoms with E-state index in [4.69, 9.17) is 4.74 Å². The third kappa shape index (κ3) is 6.61. The zero-order valence-electron chi connectivity index (χ0n) is 21.0. The van der Waals surface area contributed by atoms with Gasteiger partial charge < -0.3 is 19.5 Å². The van der Waals surface area contributed by atoms with Gasteiger partial charge in [-0.25, -0.2) is 4.98 Å². The minimum absolute atomic E-state index is 0.00875. The molecule has 0 unspecified atom stereocenters. The van der Waals surface area contributed by atoms with Gasteiger partial charge in [0, 0.05) is 44.0 Å². The molecule has 3 heterocycles. The number of piperidine rings is 1. The first-order valence-corrected chi connectivity index (χ1v) is 13.0. The monoisotopic (exact) mass is 500 g/mol. The summed E-state index contributed by atoms with van der Waals surface area (Å²) in [6, 6.07) is 21.0. The van der Waals surface area contributed by atoms with Crippen molar-refractivity contribution < 1.29 is 9.13 Å². The topological polar surface area (TPSA) is 59.4 Å². The van der Waals surface area contributed by atoms with E-state index in [1.807, 2.05) is 59.2 Å². The Morgan fingerprint density at radius 1 is 0.892 bits per heavy atom. The Balaban J connectivity index is 1.38. The van der Waals surface area contributed by atoms with Crippen LogP contribution in [-0.2, 0) is 26.2 Å². The molecule has 2 aromatic heterocycles. The lowest BCUT2D eigenvalue weighted by atomic mass is 10.1. The Morgan fingerprint density at radius 2 is 1.73 bits per heavy atom. The summed E-state index contributed by atoms with van der Waals surface area (Å²) in [6.07, 6.45) is 5.23. The highest BCUT2D eigenvalue weighted by Gasteiger charge is 2.14. The number of halogens is 1. The van der Waals surface area contributed by atoms with E-state index < -0.39 is 5.95 Å². The van der Waals surface area contributed by atoms with Gasteiger partial charge in [-0.1, -0.05) is 42.8 Å². The largest absolute Gasteiger partial charge is 0.489 e. The molecule has 1 fully saturated rings. The highest BCUT2D eigenvalue weighted by molar-refractivity contribution is 5.81. The number of hydrogen-bond donors (Lipinski definition) is 1. The summed E-state index contributed by atoms with van der Waals surface area (Å²) in [4.78, 5) is 19.8. The van der Waals surface area contributed by atoms with Crippen molar-refractivity contribution in [3.63, 3.8) is 0 Å². The second kappa shape index (κ2) is 12.1. The van der Waals surface area contributed by atoms with Crippen molar-refractivity contribution in [3.05, 3.63) is 106 Å². The van der Waals surface area contributed by atoms with Gasteiger partial charge in [0.2, 0.25) is 5.95 Å². The van der Waals surface area contributed by atoms with E-state index in [2.05, 4.69) is 15.2 Å². The Morgan fingerprint density at radius 3 is 2.51 bits per heavy atom. The van der Waals surface area contributed by atoms with E-state index in [1.54, 1.807) is 6.07 Å². The van der Waals surface area contributed by atoms with E-state index in [-0.39, 0.29) is 5.56 Å². The first-order chi connectivity index (χ1) is 18.2. The molecule has 0 amide bonds. The summed E-state index contributed by atoms with van der Waals surface area (Å²) in [6.45, 7) is 5.06. The van der Waals surface area contributed by atoms with Crippen molar-refractivity contribution in [2.45, 2.75) is 45.5 Å². The summed E-state index contributed by atoms with van der Waals surface area (Å²) in [5.41, 5.74) is 3.57. The molecule has 0 spiro atoms. The number of pyridine rings is 2. The first kappa shape index (κ1) is 25.1. The molecule has 2 aromatic carbocycles. The van der Waals surface area contributed by atoms with Crippen LogP contribution < -0.4 is 15.6 Å².